The Hall–Kier alpha value is -0.380. The third-order valence-electron chi connectivity index (χ3n) is 3.43. The van der Waals surface area contributed by atoms with E-state index >= 15 is 0 Å². The van der Waals surface area contributed by atoms with Crippen molar-refractivity contribution in [2.75, 3.05) is 13.2 Å². The van der Waals surface area contributed by atoms with E-state index in [1.807, 2.05) is 18.2 Å². The van der Waals surface area contributed by atoms with Gasteiger partial charge < -0.3 is 9.84 Å². The molecule has 0 radical (unpaired) electrons. The minimum Gasteiger partial charge on any atom is -0.396 e. The van der Waals surface area contributed by atoms with E-state index in [1.54, 1.807) is 0 Å². The van der Waals surface area contributed by atoms with Gasteiger partial charge in [-0.1, -0.05) is 34.1 Å². The Labute approximate surface area is 111 Å². The Bertz CT molecular complexity index is 348. The lowest BCUT2D eigenvalue weighted by molar-refractivity contribution is 0.0980. The Morgan fingerprint density at radius 1 is 1.41 bits per heavy atom. The van der Waals surface area contributed by atoms with Crippen molar-refractivity contribution in [2.45, 2.75) is 37.7 Å². The Balaban J connectivity index is 1.94. The van der Waals surface area contributed by atoms with Crippen LogP contribution in [0, 0.1) is 0 Å². The highest BCUT2D eigenvalue weighted by Crippen LogP contribution is 2.30. The van der Waals surface area contributed by atoms with Crippen molar-refractivity contribution in [3.8, 4) is 0 Å². The number of ether oxygens (including phenoxy) is 1. The highest BCUT2D eigenvalue weighted by molar-refractivity contribution is 9.10. The third-order valence-corrected chi connectivity index (χ3v) is 4.15. The molecule has 1 heterocycles. The second-order valence-corrected chi connectivity index (χ2v) is 5.47. The van der Waals surface area contributed by atoms with Crippen LogP contribution in [0.25, 0.3) is 0 Å². The highest BCUT2D eigenvalue weighted by Gasteiger charge is 2.19. The maximum atomic E-state index is 9.52. The maximum Gasteiger partial charge on any atom is 0.0576 e. The highest BCUT2D eigenvalue weighted by atomic mass is 79.9. The Kier molecular flexibility index (Phi) is 5.01. The predicted molar refractivity (Wildman–Crippen MR) is 72.2 cm³/mol. The van der Waals surface area contributed by atoms with Gasteiger partial charge in [-0.2, -0.15) is 0 Å². The van der Waals surface area contributed by atoms with Crippen molar-refractivity contribution < 1.29 is 9.84 Å². The maximum absolute atomic E-state index is 9.52. The molecule has 0 aromatic heterocycles. The minimum absolute atomic E-state index is 0.204. The quantitative estimate of drug-likeness (QED) is 0.902. The monoisotopic (exact) mass is 298 g/mol. The average molecular weight is 299 g/mol. The van der Waals surface area contributed by atoms with Crippen molar-refractivity contribution in [3.63, 3.8) is 0 Å². The molecule has 1 saturated heterocycles. The lowest BCUT2D eigenvalue weighted by atomic mass is 9.93. The van der Waals surface area contributed by atoms with Crippen LogP contribution < -0.4 is 0 Å². The summed E-state index contributed by atoms with van der Waals surface area (Å²) in [6, 6.07) is 8.14. The molecule has 3 heteroatoms. The van der Waals surface area contributed by atoms with Crippen molar-refractivity contribution in [1.29, 1.82) is 0 Å². The van der Waals surface area contributed by atoms with Gasteiger partial charge in [-0.05, 0) is 37.3 Å². The van der Waals surface area contributed by atoms with Crippen molar-refractivity contribution in [2.24, 2.45) is 0 Å². The predicted octanol–water partition coefficient (Wildman–Crippen LogP) is 3.48. The van der Waals surface area contributed by atoms with Crippen molar-refractivity contribution >= 4 is 15.9 Å². The number of benzene rings is 1. The minimum atomic E-state index is 0.204. The molecule has 0 spiro atoms. The van der Waals surface area contributed by atoms with Crippen LogP contribution in [0.5, 0.6) is 0 Å². The van der Waals surface area contributed by atoms with Crippen LogP contribution >= 0.6 is 15.9 Å². The van der Waals surface area contributed by atoms with Crippen LogP contribution in [0.15, 0.2) is 28.7 Å². The number of halogens is 1. The van der Waals surface area contributed by atoms with Crippen molar-refractivity contribution in [1.82, 2.24) is 0 Å². The number of aliphatic hydroxyl groups is 1. The Morgan fingerprint density at radius 2 is 2.24 bits per heavy atom. The second kappa shape index (κ2) is 6.53. The van der Waals surface area contributed by atoms with Crippen LogP contribution in [-0.2, 0) is 4.74 Å². The number of hydrogen-bond acceptors (Lipinski definition) is 2. The number of hydrogen-bond donors (Lipinski definition) is 1. The van der Waals surface area contributed by atoms with Crippen LogP contribution in [0.1, 0.15) is 37.2 Å². The fraction of sp³-hybridized carbons (Fsp3) is 0.571. The van der Waals surface area contributed by atoms with Gasteiger partial charge in [0, 0.05) is 23.6 Å². The summed E-state index contributed by atoms with van der Waals surface area (Å²) in [5.74, 6) is 0.217. The first-order chi connectivity index (χ1) is 8.31. The largest absolute Gasteiger partial charge is 0.396 e. The summed E-state index contributed by atoms with van der Waals surface area (Å²) < 4.78 is 6.71. The van der Waals surface area contributed by atoms with E-state index in [9.17, 15) is 5.11 Å². The van der Waals surface area contributed by atoms with Gasteiger partial charge in [0.15, 0.2) is 0 Å². The standard InChI is InChI=1S/C14H19BrO2/c15-14-6-2-1-5-13(14)11(10-16)7-8-12-4-3-9-17-12/h1-2,5-6,11-12,16H,3-4,7-10H2. The molecular weight excluding hydrogens is 280 g/mol. The van der Waals surface area contributed by atoms with Gasteiger partial charge in [0.05, 0.1) is 6.10 Å². The zero-order valence-corrected chi connectivity index (χ0v) is 11.5. The molecule has 1 aliphatic rings. The summed E-state index contributed by atoms with van der Waals surface area (Å²) in [7, 11) is 0. The van der Waals surface area contributed by atoms with Crippen LogP contribution in [0.3, 0.4) is 0 Å². The van der Waals surface area contributed by atoms with Gasteiger partial charge in [-0.15, -0.1) is 0 Å². The molecule has 1 aliphatic heterocycles. The molecule has 2 rings (SSSR count). The lowest BCUT2D eigenvalue weighted by Crippen LogP contribution is -2.11. The van der Waals surface area contributed by atoms with Gasteiger partial charge in [0.25, 0.3) is 0 Å². The first kappa shape index (κ1) is 13.1. The van der Waals surface area contributed by atoms with Gasteiger partial charge in [-0.25, -0.2) is 0 Å². The van der Waals surface area contributed by atoms with Gasteiger partial charge in [0.2, 0.25) is 0 Å². The summed E-state index contributed by atoms with van der Waals surface area (Å²) in [6.45, 7) is 1.11. The zero-order chi connectivity index (χ0) is 12.1. The summed E-state index contributed by atoms with van der Waals surface area (Å²) in [5.41, 5.74) is 1.20. The molecule has 0 amide bonds. The van der Waals surface area contributed by atoms with Gasteiger partial charge in [-0.3, -0.25) is 0 Å². The molecule has 1 N–H and O–H groups in total. The molecule has 1 aromatic carbocycles. The molecule has 94 valence electrons. The first-order valence-electron chi connectivity index (χ1n) is 6.28. The van der Waals surface area contributed by atoms with E-state index in [-0.39, 0.29) is 12.5 Å². The van der Waals surface area contributed by atoms with Crippen LogP contribution in [0.2, 0.25) is 0 Å². The molecule has 0 bridgehead atoms. The number of aliphatic hydroxyl groups excluding tert-OH is 1. The summed E-state index contributed by atoms with van der Waals surface area (Å²) in [4.78, 5) is 0. The van der Waals surface area contributed by atoms with E-state index in [1.165, 1.54) is 18.4 Å². The normalized spacial score (nSPS) is 21.6. The molecular formula is C14H19BrO2. The van der Waals surface area contributed by atoms with E-state index < -0.39 is 0 Å². The number of rotatable bonds is 5. The summed E-state index contributed by atoms with van der Waals surface area (Å²) >= 11 is 3.55. The van der Waals surface area contributed by atoms with E-state index in [0.717, 1.165) is 23.9 Å². The molecule has 0 aliphatic carbocycles. The second-order valence-electron chi connectivity index (χ2n) is 4.61. The van der Waals surface area contributed by atoms with E-state index in [0.29, 0.717) is 6.10 Å². The molecule has 0 saturated carbocycles. The van der Waals surface area contributed by atoms with Crippen LogP contribution in [0.4, 0.5) is 0 Å². The molecule has 2 atom stereocenters. The molecule has 2 unspecified atom stereocenters. The molecule has 1 aromatic rings. The first-order valence-corrected chi connectivity index (χ1v) is 7.07. The average Bonchev–Trinajstić information content (AvgIpc) is 2.85. The van der Waals surface area contributed by atoms with Crippen LogP contribution in [-0.4, -0.2) is 24.4 Å². The smallest absolute Gasteiger partial charge is 0.0576 e. The Morgan fingerprint density at radius 3 is 2.88 bits per heavy atom. The molecule has 17 heavy (non-hydrogen) atoms. The lowest BCUT2D eigenvalue weighted by Gasteiger charge is -2.18. The molecule has 1 fully saturated rings. The summed E-state index contributed by atoms with van der Waals surface area (Å²) in [6.07, 6.45) is 4.81. The summed E-state index contributed by atoms with van der Waals surface area (Å²) in [5, 5.41) is 9.52. The fourth-order valence-electron chi connectivity index (χ4n) is 2.41. The van der Waals surface area contributed by atoms with E-state index in [2.05, 4.69) is 22.0 Å². The zero-order valence-electron chi connectivity index (χ0n) is 9.94. The topological polar surface area (TPSA) is 29.5 Å². The molecule has 2 nitrogen and oxygen atoms in total. The van der Waals surface area contributed by atoms with Gasteiger partial charge >= 0.3 is 0 Å². The SMILES string of the molecule is OCC(CCC1CCCO1)c1ccccc1Br. The van der Waals surface area contributed by atoms with Gasteiger partial charge in [0.1, 0.15) is 0 Å². The third kappa shape index (κ3) is 3.54. The van der Waals surface area contributed by atoms with E-state index in [4.69, 9.17) is 4.74 Å². The van der Waals surface area contributed by atoms with Crippen molar-refractivity contribution in [3.05, 3.63) is 34.3 Å². The fourth-order valence-corrected chi connectivity index (χ4v) is 3.02.